The van der Waals surface area contributed by atoms with E-state index in [2.05, 4.69) is 34.9 Å². The van der Waals surface area contributed by atoms with E-state index in [4.69, 9.17) is 9.47 Å². The van der Waals surface area contributed by atoms with Gasteiger partial charge in [0.05, 0.1) is 12.7 Å². The Bertz CT molecular complexity index is 1290. The number of carboxylic acids is 1. The molecule has 3 aromatic rings. The second-order valence-corrected chi connectivity index (χ2v) is 10.7. The molecule has 8 heteroatoms. The van der Waals surface area contributed by atoms with Gasteiger partial charge in [-0.05, 0) is 55.0 Å². The Morgan fingerprint density at radius 1 is 0.900 bits per heavy atom. The Morgan fingerprint density at radius 3 is 2.08 bits per heavy atom. The molecule has 4 rings (SSSR count). The van der Waals surface area contributed by atoms with E-state index in [-0.39, 0.29) is 32.0 Å². The van der Waals surface area contributed by atoms with Gasteiger partial charge < -0.3 is 25.2 Å². The standard InChI is InChI=1S/C32H36N2O6/c1-21(39-19-22-11-5-4-6-12-22)29(30(36)37)33-28(35)17-18-32(2,3)34-31(38)40-20-27-25-15-9-7-13-23(25)24-14-8-10-16-26(24)27/h4-16,21,27,29H,17-20H2,1-3H3,(H,33,35)(H,34,38)(H,36,37). The van der Waals surface area contributed by atoms with E-state index in [0.717, 1.165) is 27.8 Å². The number of rotatable bonds is 12. The molecular formula is C32H36N2O6. The minimum Gasteiger partial charge on any atom is -0.480 e. The molecule has 0 spiro atoms. The topological polar surface area (TPSA) is 114 Å². The van der Waals surface area contributed by atoms with Crippen LogP contribution >= 0.6 is 0 Å². The van der Waals surface area contributed by atoms with Crippen LogP contribution in [-0.4, -0.2) is 47.4 Å². The maximum absolute atomic E-state index is 12.7. The zero-order chi connectivity index (χ0) is 28.7. The summed E-state index contributed by atoms with van der Waals surface area (Å²) >= 11 is 0. The van der Waals surface area contributed by atoms with Gasteiger partial charge in [-0.3, -0.25) is 4.79 Å². The molecular weight excluding hydrogens is 508 g/mol. The summed E-state index contributed by atoms with van der Waals surface area (Å²) in [6, 6.07) is 24.4. The highest BCUT2D eigenvalue weighted by Crippen LogP contribution is 2.44. The zero-order valence-corrected chi connectivity index (χ0v) is 23.1. The van der Waals surface area contributed by atoms with Crippen LogP contribution in [-0.2, 0) is 25.7 Å². The summed E-state index contributed by atoms with van der Waals surface area (Å²) in [6.45, 7) is 5.63. The fourth-order valence-electron chi connectivity index (χ4n) is 4.92. The molecule has 0 radical (unpaired) electrons. The van der Waals surface area contributed by atoms with E-state index in [9.17, 15) is 19.5 Å². The third-order valence-electron chi connectivity index (χ3n) is 7.17. The smallest absolute Gasteiger partial charge is 0.407 e. The number of benzene rings is 3. The minimum absolute atomic E-state index is 0.0197. The Hall–Kier alpha value is -4.17. The number of fused-ring (bicyclic) bond motifs is 3. The lowest BCUT2D eigenvalue weighted by atomic mass is 9.98. The van der Waals surface area contributed by atoms with Crippen LogP contribution < -0.4 is 10.6 Å². The van der Waals surface area contributed by atoms with Crippen LogP contribution in [0.1, 0.15) is 56.2 Å². The van der Waals surface area contributed by atoms with E-state index in [1.807, 2.05) is 54.6 Å². The SMILES string of the molecule is CC(OCc1ccccc1)C(NC(=O)CCC(C)(C)NC(=O)OCC1c2ccccc2-c2ccccc21)C(=O)O. The quantitative estimate of drug-likeness (QED) is 0.287. The van der Waals surface area contributed by atoms with Crippen molar-refractivity contribution < 1.29 is 29.0 Å². The molecule has 8 nitrogen and oxygen atoms in total. The summed E-state index contributed by atoms with van der Waals surface area (Å²) in [5.74, 6) is -1.67. The average Bonchev–Trinajstić information content (AvgIpc) is 3.26. The number of ether oxygens (including phenoxy) is 2. The first-order valence-corrected chi connectivity index (χ1v) is 13.5. The molecule has 0 saturated heterocycles. The van der Waals surface area contributed by atoms with Crippen molar-refractivity contribution in [2.75, 3.05) is 6.61 Å². The summed E-state index contributed by atoms with van der Waals surface area (Å²) in [5.41, 5.74) is 4.71. The van der Waals surface area contributed by atoms with Crippen molar-refractivity contribution >= 4 is 18.0 Å². The number of nitrogens with one attached hydrogen (secondary N) is 2. The highest BCUT2D eigenvalue weighted by Gasteiger charge is 2.31. The van der Waals surface area contributed by atoms with E-state index in [1.165, 1.54) is 0 Å². The molecule has 3 aromatic carbocycles. The predicted molar refractivity (Wildman–Crippen MR) is 152 cm³/mol. The second-order valence-electron chi connectivity index (χ2n) is 10.7. The van der Waals surface area contributed by atoms with Gasteiger partial charge in [-0.15, -0.1) is 0 Å². The number of carboxylic acid groups (broad SMARTS) is 1. The van der Waals surface area contributed by atoms with Crippen LogP contribution in [0, 0.1) is 0 Å². The first-order chi connectivity index (χ1) is 19.1. The van der Waals surface area contributed by atoms with Crippen molar-refractivity contribution in [1.29, 1.82) is 0 Å². The number of carbonyl (C=O) groups excluding carboxylic acids is 2. The van der Waals surface area contributed by atoms with Crippen molar-refractivity contribution in [2.24, 2.45) is 0 Å². The molecule has 210 valence electrons. The van der Waals surface area contributed by atoms with Crippen molar-refractivity contribution in [2.45, 2.75) is 63.8 Å². The molecule has 2 unspecified atom stereocenters. The lowest BCUT2D eigenvalue weighted by Gasteiger charge is -2.27. The van der Waals surface area contributed by atoms with Crippen molar-refractivity contribution in [3.8, 4) is 11.1 Å². The number of alkyl carbamates (subject to hydrolysis) is 1. The highest BCUT2D eigenvalue weighted by atomic mass is 16.5. The van der Waals surface area contributed by atoms with Crippen LogP contribution in [0.5, 0.6) is 0 Å². The molecule has 0 saturated carbocycles. The first kappa shape index (κ1) is 28.8. The molecule has 0 bridgehead atoms. The van der Waals surface area contributed by atoms with Gasteiger partial charge in [0.2, 0.25) is 5.91 Å². The molecule has 2 atom stereocenters. The van der Waals surface area contributed by atoms with E-state index in [1.54, 1.807) is 20.8 Å². The fraction of sp³-hybridized carbons (Fsp3) is 0.344. The largest absolute Gasteiger partial charge is 0.480 e. The molecule has 2 amide bonds. The highest BCUT2D eigenvalue weighted by molar-refractivity contribution is 5.84. The lowest BCUT2D eigenvalue weighted by molar-refractivity contribution is -0.146. The molecule has 0 aromatic heterocycles. The molecule has 0 heterocycles. The minimum atomic E-state index is -1.20. The third kappa shape index (κ3) is 7.27. The lowest BCUT2D eigenvalue weighted by Crippen LogP contribution is -2.49. The van der Waals surface area contributed by atoms with Gasteiger partial charge in [0, 0.05) is 17.9 Å². The Labute approximate surface area is 234 Å². The van der Waals surface area contributed by atoms with Crippen LogP contribution in [0.2, 0.25) is 0 Å². The maximum atomic E-state index is 12.7. The first-order valence-electron chi connectivity index (χ1n) is 13.5. The van der Waals surface area contributed by atoms with Gasteiger partial charge in [0.25, 0.3) is 0 Å². The van der Waals surface area contributed by atoms with Gasteiger partial charge in [0.1, 0.15) is 6.61 Å². The normalized spacial score (nSPS) is 14.0. The van der Waals surface area contributed by atoms with Crippen molar-refractivity contribution in [1.82, 2.24) is 10.6 Å². The Morgan fingerprint density at radius 2 is 1.48 bits per heavy atom. The fourth-order valence-corrected chi connectivity index (χ4v) is 4.92. The van der Waals surface area contributed by atoms with Crippen molar-refractivity contribution in [3.05, 3.63) is 95.6 Å². The molecule has 0 fully saturated rings. The number of carbonyl (C=O) groups is 3. The van der Waals surface area contributed by atoms with Crippen molar-refractivity contribution in [3.63, 3.8) is 0 Å². The summed E-state index contributed by atoms with van der Waals surface area (Å²) in [6.07, 6.45) is -1.01. The van der Waals surface area contributed by atoms with E-state index < -0.39 is 35.7 Å². The van der Waals surface area contributed by atoms with E-state index >= 15 is 0 Å². The number of amides is 2. The Balaban J connectivity index is 1.25. The summed E-state index contributed by atoms with van der Waals surface area (Å²) in [7, 11) is 0. The van der Waals surface area contributed by atoms with Crippen LogP contribution in [0.15, 0.2) is 78.9 Å². The van der Waals surface area contributed by atoms with Gasteiger partial charge >= 0.3 is 12.1 Å². The van der Waals surface area contributed by atoms with Gasteiger partial charge in [-0.25, -0.2) is 9.59 Å². The number of aliphatic carboxylic acids is 1. The summed E-state index contributed by atoms with van der Waals surface area (Å²) in [5, 5.41) is 15.0. The summed E-state index contributed by atoms with van der Waals surface area (Å²) < 4.78 is 11.3. The monoisotopic (exact) mass is 544 g/mol. The Kier molecular flexibility index (Phi) is 9.22. The molecule has 3 N–H and O–H groups in total. The average molecular weight is 545 g/mol. The van der Waals surface area contributed by atoms with Crippen LogP contribution in [0.4, 0.5) is 4.79 Å². The molecule has 40 heavy (non-hydrogen) atoms. The summed E-state index contributed by atoms with van der Waals surface area (Å²) in [4.78, 5) is 37.1. The van der Waals surface area contributed by atoms with Gasteiger partial charge in [0.15, 0.2) is 6.04 Å². The zero-order valence-electron chi connectivity index (χ0n) is 23.1. The molecule has 1 aliphatic carbocycles. The predicted octanol–water partition coefficient (Wildman–Crippen LogP) is 5.26. The second kappa shape index (κ2) is 12.8. The molecule has 0 aliphatic heterocycles. The number of hydrogen-bond acceptors (Lipinski definition) is 5. The van der Waals surface area contributed by atoms with Gasteiger partial charge in [-0.1, -0.05) is 78.9 Å². The molecule has 1 aliphatic rings. The van der Waals surface area contributed by atoms with Crippen LogP contribution in [0.25, 0.3) is 11.1 Å². The van der Waals surface area contributed by atoms with Gasteiger partial charge in [-0.2, -0.15) is 0 Å². The number of hydrogen-bond donors (Lipinski definition) is 3. The maximum Gasteiger partial charge on any atom is 0.407 e. The third-order valence-corrected chi connectivity index (χ3v) is 7.17. The van der Waals surface area contributed by atoms with Crippen LogP contribution in [0.3, 0.4) is 0 Å². The van der Waals surface area contributed by atoms with E-state index in [0.29, 0.717) is 0 Å².